The molecule has 14 heavy (non-hydrogen) atoms. The van der Waals surface area contributed by atoms with Crippen molar-refractivity contribution in [3.63, 3.8) is 0 Å². The summed E-state index contributed by atoms with van der Waals surface area (Å²) in [5.74, 6) is -5.62. The number of nitrogens with zero attached hydrogens (tertiary/aromatic N) is 3. The van der Waals surface area contributed by atoms with Crippen molar-refractivity contribution in [3.05, 3.63) is 14.7 Å². The van der Waals surface area contributed by atoms with Crippen LogP contribution in [-0.2, 0) is 0 Å². The fraction of sp³-hybridized carbons (Fsp3) is 1.00. The van der Waals surface area contributed by atoms with E-state index in [1.54, 1.807) is 0 Å². The Morgan fingerprint density at radius 1 is 0.643 bits per heavy atom. The van der Waals surface area contributed by atoms with Gasteiger partial charge in [0, 0.05) is 10.4 Å². The molecule has 0 aliphatic carbocycles. The Morgan fingerprint density at radius 2 is 0.929 bits per heavy atom. The summed E-state index contributed by atoms with van der Waals surface area (Å²) < 4.78 is 60.7. The van der Waals surface area contributed by atoms with Crippen LogP contribution >= 0.6 is 0 Å². The molecule has 0 atom stereocenters. The summed E-state index contributed by atoms with van der Waals surface area (Å²) in [6.07, 6.45) is 0. The van der Waals surface area contributed by atoms with E-state index in [1.165, 1.54) is 0 Å². The third-order valence-corrected chi connectivity index (χ3v) is 1.15. The van der Waals surface area contributed by atoms with E-state index in [-0.39, 0.29) is 0 Å². The maximum Gasteiger partial charge on any atom is 0.442 e. The Balaban J connectivity index is 5.50. The highest BCUT2D eigenvalue weighted by atomic mass is 19.3. The quantitative estimate of drug-likeness (QED) is 0.404. The van der Waals surface area contributed by atoms with Gasteiger partial charge in [0.25, 0.3) is 0 Å². The highest BCUT2D eigenvalue weighted by molar-refractivity contribution is 4.99. The Morgan fingerprint density at radius 3 is 1.07 bits per heavy atom. The summed E-state index contributed by atoms with van der Waals surface area (Å²) in [6.45, 7) is 0. The van der Waals surface area contributed by atoms with E-state index < -0.39 is 17.9 Å². The van der Waals surface area contributed by atoms with Gasteiger partial charge < -0.3 is 0 Å². The summed E-state index contributed by atoms with van der Waals surface area (Å²) in [4.78, 5) is 28.0. The molecule has 6 nitrogen and oxygen atoms in total. The van der Waals surface area contributed by atoms with Gasteiger partial charge >= 0.3 is 17.9 Å². The molecule has 0 aliphatic heterocycles. The number of alkyl halides is 5. The van der Waals surface area contributed by atoms with Crippen LogP contribution in [0.1, 0.15) is 0 Å². The van der Waals surface area contributed by atoms with E-state index in [2.05, 4.69) is 0 Å². The summed E-state index contributed by atoms with van der Waals surface area (Å²) in [5.41, 5.74) is 0. The van der Waals surface area contributed by atoms with Crippen LogP contribution in [0.2, 0.25) is 0 Å². The molecule has 0 radical (unpaired) electrons. The van der Waals surface area contributed by atoms with Gasteiger partial charge in [-0.05, 0) is 5.18 Å². The molecule has 0 fully saturated rings. The maximum absolute atomic E-state index is 12.5. The Hall–Kier alpha value is -1.55. The van der Waals surface area contributed by atoms with Gasteiger partial charge in [-0.3, -0.25) is 0 Å². The second-order valence-corrected chi connectivity index (χ2v) is 1.98. The molecule has 0 N–H and O–H groups in total. The standard InChI is InChI=1S/C3F5N3O3/c4-1(9-12,2(5,6)10-13)3(7,8)11-14. The van der Waals surface area contributed by atoms with Crippen molar-refractivity contribution in [1.29, 1.82) is 0 Å². The zero-order valence-electron chi connectivity index (χ0n) is 5.96. The fourth-order valence-corrected chi connectivity index (χ4v) is 0.412. The number of halogens is 5. The molecule has 0 aliphatic rings. The monoisotopic (exact) mass is 221 g/mol. The largest absolute Gasteiger partial charge is 0.442 e. The Labute approximate surface area is 71.4 Å². The fourth-order valence-electron chi connectivity index (χ4n) is 0.412. The molecule has 0 unspecified atom stereocenters. The predicted molar refractivity (Wildman–Crippen MR) is 31.1 cm³/mol. The first-order valence-corrected chi connectivity index (χ1v) is 2.66. The van der Waals surface area contributed by atoms with E-state index >= 15 is 0 Å². The zero-order valence-corrected chi connectivity index (χ0v) is 5.96. The van der Waals surface area contributed by atoms with Crippen molar-refractivity contribution in [2.45, 2.75) is 17.9 Å². The second-order valence-electron chi connectivity index (χ2n) is 1.98. The minimum atomic E-state index is -5.69. The van der Waals surface area contributed by atoms with E-state index in [9.17, 15) is 36.7 Å². The Bertz CT molecular complexity index is 248. The molecular weight excluding hydrogens is 221 g/mol. The van der Waals surface area contributed by atoms with Crippen LogP contribution in [0, 0.1) is 14.7 Å². The van der Waals surface area contributed by atoms with Gasteiger partial charge in [-0.25, -0.2) is 0 Å². The van der Waals surface area contributed by atoms with Crippen molar-refractivity contribution >= 4 is 0 Å². The van der Waals surface area contributed by atoms with Gasteiger partial charge in [-0.1, -0.05) is 0 Å². The number of rotatable bonds is 5. The molecule has 0 spiro atoms. The van der Waals surface area contributed by atoms with Gasteiger partial charge in [0.1, 0.15) is 0 Å². The molecule has 0 amide bonds. The van der Waals surface area contributed by atoms with E-state index in [0.29, 0.717) is 15.5 Å². The molecule has 0 saturated carbocycles. The number of hydrogen-bond acceptors (Lipinski definition) is 6. The minimum absolute atomic E-state index is 0.647. The van der Waals surface area contributed by atoms with Gasteiger partial charge in [0.15, 0.2) is 0 Å². The Kier molecular flexibility index (Phi) is 2.94. The maximum atomic E-state index is 12.5. The molecule has 0 bridgehead atoms. The molecule has 0 rings (SSSR count). The summed E-state index contributed by atoms with van der Waals surface area (Å²) in [6, 6.07) is -11.4. The molecular formula is C3F5N3O3. The topological polar surface area (TPSA) is 88.3 Å². The molecule has 0 aromatic carbocycles. The van der Waals surface area contributed by atoms with Crippen molar-refractivity contribution in [1.82, 2.24) is 0 Å². The minimum Gasteiger partial charge on any atom is -0.195 e. The SMILES string of the molecule is O=NC(F)(F)C(F)(N=O)C(F)(F)N=O. The summed E-state index contributed by atoms with van der Waals surface area (Å²) in [5, 5.41) is 1.99. The van der Waals surface area contributed by atoms with Crippen molar-refractivity contribution < 1.29 is 22.0 Å². The molecule has 0 saturated heterocycles. The van der Waals surface area contributed by atoms with E-state index in [0.717, 1.165) is 0 Å². The normalized spacial score (nSPS) is 13.5. The van der Waals surface area contributed by atoms with Crippen LogP contribution in [0.5, 0.6) is 0 Å². The van der Waals surface area contributed by atoms with Crippen molar-refractivity contribution in [2.24, 2.45) is 15.5 Å². The predicted octanol–water partition coefficient (Wildman–Crippen LogP) is 2.14. The summed E-state index contributed by atoms with van der Waals surface area (Å²) in [7, 11) is 0. The van der Waals surface area contributed by atoms with Gasteiger partial charge in [0.2, 0.25) is 0 Å². The van der Waals surface area contributed by atoms with Crippen LogP contribution < -0.4 is 0 Å². The average molecular weight is 221 g/mol. The van der Waals surface area contributed by atoms with Gasteiger partial charge in [-0.2, -0.15) is 22.0 Å². The van der Waals surface area contributed by atoms with Crippen LogP contribution in [0.25, 0.3) is 0 Å². The van der Waals surface area contributed by atoms with Crippen LogP contribution in [0.15, 0.2) is 15.5 Å². The van der Waals surface area contributed by atoms with Crippen LogP contribution in [-0.4, -0.2) is 17.9 Å². The van der Waals surface area contributed by atoms with E-state index in [4.69, 9.17) is 0 Å². The van der Waals surface area contributed by atoms with Crippen molar-refractivity contribution in [2.75, 3.05) is 0 Å². The molecule has 80 valence electrons. The number of hydrogen-bond donors (Lipinski definition) is 0. The van der Waals surface area contributed by atoms with Crippen LogP contribution in [0.4, 0.5) is 22.0 Å². The summed E-state index contributed by atoms with van der Waals surface area (Å²) >= 11 is 0. The van der Waals surface area contributed by atoms with Crippen molar-refractivity contribution in [3.8, 4) is 0 Å². The van der Waals surface area contributed by atoms with Crippen LogP contribution in [0.3, 0.4) is 0 Å². The lowest BCUT2D eigenvalue weighted by Gasteiger charge is -2.23. The molecule has 0 heterocycles. The average Bonchev–Trinajstić information content (AvgIpc) is 2.15. The molecule has 0 aromatic rings. The molecule has 0 aromatic heterocycles. The first kappa shape index (κ1) is 12.4. The highest BCUT2D eigenvalue weighted by Gasteiger charge is 2.76. The third kappa shape index (κ3) is 1.44. The lowest BCUT2D eigenvalue weighted by atomic mass is 10.2. The highest BCUT2D eigenvalue weighted by Crippen LogP contribution is 2.46. The number of nitroso groups, excluding NO2 is 3. The second kappa shape index (κ2) is 3.31. The zero-order chi connectivity index (χ0) is 11.6. The van der Waals surface area contributed by atoms with Gasteiger partial charge in [0.05, 0.1) is 0 Å². The van der Waals surface area contributed by atoms with E-state index in [1.807, 2.05) is 0 Å². The molecule has 11 heteroatoms. The third-order valence-electron chi connectivity index (χ3n) is 1.15. The lowest BCUT2D eigenvalue weighted by Crippen LogP contribution is -2.53. The first-order chi connectivity index (χ1) is 6.18. The smallest absolute Gasteiger partial charge is 0.195 e. The lowest BCUT2D eigenvalue weighted by molar-refractivity contribution is -0.238. The first-order valence-electron chi connectivity index (χ1n) is 2.66. The van der Waals surface area contributed by atoms with Gasteiger partial charge in [-0.15, -0.1) is 14.7 Å².